The molecule has 0 aliphatic carbocycles. The Kier molecular flexibility index (Phi) is 4.35. The number of anilines is 2. The first kappa shape index (κ1) is 14.9. The summed E-state index contributed by atoms with van der Waals surface area (Å²) in [5.74, 6) is 0.415. The molecule has 0 aliphatic heterocycles. The lowest BCUT2D eigenvalue weighted by atomic mass is 10.1. The van der Waals surface area contributed by atoms with Crippen LogP contribution in [0.5, 0.6) is 0 Å². The maximum Gasteiger partial charge on any atom is 0.187 e. The summed E-state index contributed by atoms with van der Waals surface area (Å²) in [6.45, 7) is 8.11. The third-order valence-corrected chi connectivity index (χ3v) is 3.91. The SMILES string of the molecule is Cc1cc(Nc2nc(C(C)C)cs2)c(C(N)=S)c(C)n1. The summed E-state index contributed by atoms with van der Waals surface area (Å²) in [6.07, 6.45) is 0. The molecular weight excluding hydrogens is 288 g/mol. The Labute approximate surface area is 128 Å². The van der Waals surface area contributed by atoms with E-state index in [2.05, 4.69) is 34.5 Å². The lowest BCUT2D eigenvalue weighted by Crippen LogP contribution is -2.15. The number of thiazole rings is 1. The Balaban J connectivity index is 2.39. The van der Waals surface area contributed by atoms with Crippen molar-refractivity contribution in [2.45, 2.75) is 33.6 Å². The van der Waals surface area contributed by atoms with Gasteiger partial charge in [0.15, 0.2) is 5.13 Å². The predicted octanol–water partition coefficient (Wildman–Crippen LogP) is 3.66. The molecule has 0 saturated heterocycles. The van der Waals surface area contributed by atoms with Crippen LogP contribution in [0.15, 0.2) is 11.4 Å². The van der Waals surface area contributed by atoms with E-state index in [4.69, 9.17) is 18.0 Å². The van der Waals surface area contributed by atoms with Crippen molar-refractivity contribution in [1.29, 1.82) is 0 Å². The number of nitrogens with two attached hydrogens (primary N) is 1. The van der Waals surface area contributed by atoms with Crippen LogP contribution in [0.25, 0.3) is 0 Å². The van der Waals surface area contributed by atoms with Gasteiger partial charge in [0, 0.05) is 16.8 Å². The molecule has 4 nitrogen and oxygen atoms in total. The highest BCUT2D eigenvalue weighted by molar-refractivity contribution is 7.80. The molecule has 2 aromatic heterocycles. The molecule has 0 radical (unpaired) electrons. The fourth-order valence-electron chi connectivity index (χ4n) is 1.96. The number of rotatable bonds is 4. The van der Waals surface area contributed by atoms with E-state index in [1.807, 2.05) is 19.9 Å². The zero-order chi connectivity index (χ0) is 14.9. The Morgan fingerprint density at radius 3 is 2.60 bits per heavy atom. The van der Waals surface area contributed by atoms with Crippen molar-refractivity contribution in [3.05, 3.63) is 34.1 Å². The number of nitrogens with one attached hydrogen (secondary N) is 1. The van der Waals surface area contributed by atoms with Crippen LogP contribution in [0.1, 0.15) is 42.4 Å². The maximum atomic E-state index is 5.81. The van der Waals surface area contributed by atoms with E-state index in [0.29, 0.717) is 10.9 Å². The predicted molar refractivity (Wildman–Crippen MR) is 89.1 cm³/mol. The van der Waals surface area contributed by atoms with Gasteiger partial charge in [0.2, 0.25) is 0 Å². The average molecular weight is 306 g/mol. The van der Waals surface area contributed by atoms with Crippen LogP contribution in [0.4, 0.5) is 10.8 Å². The number of hydrogen-bond acceptors (Lipinski definition) is 5. The molecule has 20 heavy (non-hydrogen) atoms. The van der Waals surface area contributed by atoms with Crippen LogP contribution in [0.2, 0.25) is 0 Å². The molecule has 0 fully saturated rings. The first-order valence-corrected chi connectivity index (χ1v) is 7.67. The summed E-state index contributed by atoms with van der Waals surface area (Å²) in [4.78, 5) is 9.32. The highest BCUT2D eigenvalue weighted by Crippen LogP contribution is 2.27. The molecule has 0 atom stereocenters. The minimum atomic E-state index is 0.345. The number of thiocarbonyl (C=S) groups is 1. The Morgan fingerprint density at radius 1 is 1.35 bits per heavy atom. The molecular formula is C14H18N4S2. The van der Waals surface area contributed by atoms with Gasteiger partial charge in [-0.2, -0.15) is 0 Å². The second-order valence-corrected chi connectivity index (χ2v) is 6.29. The Morgan fingerprint density at radius 2 is 2.05 bits per heavy atom. The van der Waals surface area contributed by atoms with Crippen molar-refractivity contribution in [1.82, 2.24) is 9.97 Å². The van der Waals surface area contributed by atoms with E-state index < -0.39 is 0 Å². The average Bonchev–Trinajstić information content (AvgIpc) is 2.75. The zero-order valence-electron chi connectivity index (χ0n) is 12.0. The van der Waals surface area contributed by atoms with Crippen LogP contribution >= 0.6 is 23.6 Å². The zero-order valence-corrected chi connectivity index (χ0v) is 13.7. The first-order chi connectivity index (χ1) is 9.38. The van der Waals surface area contributed by atoms with Gasteiger partial charge in [-0.3, -0.25) is 4.98 Å². The fourth-order valence-corrected chi connectivity index (χ4v) is 3.10. The van der Waals surface area contributed by atoms with Crippen molar-refractivity contribution in [2.75, 3.05) is 5.32 Å². The lowest BCUT2D eigenvalue weighted by Gasteiger charge is -2.12. The van der Waals surface area contributed by atoms with Crippen LogP contribution in [-0.2, 0) is 0 Å². The minimum Gasteiger partial charge on any atom is -0.389 e. The maximum absolute atomic E-state index is 5.81. The summed E-state index contributed by atoms with van der Waals surface area (Å²) < 4.78 is 0. The molecule has 2 rings (SSSR count). The molecule has 0 spiro atoms. The molecule has 0 unspecified atom stereocenters. The quantitative estimate of drug-likeness (QED) is 0.844. The smallest absolute Gasteiger partial charge is 0.187 e. The van der Waals surface area contributed by atoms with Gasteiger partial charge in [-0.25, -0.2) is 4.98 Å². The highest BCUT2D eigenvalue weighted by atomic mass is 32.1. The number of aromatic nitrogens is 2. The second-order valence-electron chi connectivity index (χ2n) is 4.99. The number of nitrogens with zero attached hydrogens (tertiary/aromatic N) is 2. The van der Waals surface area contributed by atoms with Gasteiger partial charge in [0.1, 0.15) is 4.99 Å². The number of pyridine rings is 1. The van der Waals surface area contributed by atoms with Crippen LogP contribution in [0.3, 0.4) is 0 Å². The molecule has 6 heteroatoms. The highest BCUT2D eigenvalue weighted by Gasteiger charge is 2.13. The summed E-state index contributed by atoms with van der Waals surface area (Å²) in [7, 11) is 0. The van der Waals surface area contributed by atoms with Crippen molar-refractivity contribution < 1.29 is 0 Å². The lowest BCUT2D eigenvalue weighted by molar-refractivity contribution is 0.834. The standard InChI is InChI=1S/C14H18N4S2/c1-7(2)11-6-20-14(18-11)17-10-5-8(3)16-9(4)12(10)13(15)19/h5-7H,1-4H3,(H2,15,19)(H,16,17,18). The molecule has 0 saturated carbocycles. The topological polar surface area (TPSA) is 63.8 Å². The molecule has 106 valence electrons. The molecule has 0 bridgehead atoms. The van der Waals surface area contributed by atoms with Gasteiger partial charge in [-0.1, -0.05) is 26.1 Å². The third-order valence-electron chi connectivity index (χ3n) is 2.93. The van der Waals surface area contributed by atoms with Gasteiger partial charge >= 0.3 is 0 Å². The van der Waals surface area contributed by atoms with Crippen molar-refractivity contribution in [3.63, 3.8) is 0 Å². The summed E-state index contributed by atoms with van der Waals surface area (Å²) >= 11 is 6.70. The van der Waals surface area contributed by atoms with Gasteiger partial charge in [0.05, 0.1) is 16.9 Å². The normalized spacial score (nSPS) is 10.8. The Bertz CT molecular complexity index is 647. The van der Waals surface area contributed by atoms with E-state index in [9.17, 15) is 0 Å². The monoisotopic (exact) mass is 306 g/mol. The van der Waals surface area contributed by atoms with Crippen LogP contribution in [-0.4, -0.2) is 15.0 Å². The second kappa shape index (κ2) is 5.85. The van der Waals surface area contributed by atoms with Gasteiger partial charge < -0.3 is 11.1 Å². The van der Waals surface area contributed by atoms with E-state index in [-0.39, 0.29) is 0 Å². The van der Waals surface area contributed by atoms with Crippen molar-refractivity contribution >= 4 is 39.4 Å². The summed E-state index contributed by atoms with van der Waals surface area (Å²) in [5.41, 5.74) is 10.3. The summed E-state index contributed by atoms with van der Waals surface area (Å²) in [6, 6.07) is 1.94. The number of hydrogen-bond donors (Lipinski definition) is 2. The molecule has 3 N–H and O–H groups in total. The largest absolute Gasteiger partial charge is 0.389 e. The van der Waals surface area contributed by atoms with E-state index in [0.717, 1.165) is 33.5 Å². The third kappa shape index (κ3) is 3.13. The van der Waals surface area contributed by atoms with E-state index >= 15 is 0 Å². The molecule has 0 aliphatic rings. The van der Waals surface area contributed by atoms with Crippen LogP contribution < -0.4 is 11.1 Å². The van der Waals surface area contributed by atoms with Gasteiger partial charge in [0.25, 0.3) is 0 Å². The van der Waals surface area contributed by atoms with Crippen molar-refractivity contribution in [2.24, 2.45) is 5.73 Å². The molecule has 2 heterocycles. The fraction of sp³-hybridized carbons (Fsp3) is 0.357. The van der Waals surface area contributed by atoms with E-state index in [1.54, 1.807) is 11.3 Å². The molecule has 2 aromatic rings. The van der Waals surface area contributed by atoms with Gasteiger partial charge in [-0.05, 0) is 25.8 Å². The molecule has 0 amide bonds. The molecule has 0 aromatic carbocycles. The first-order valence-electron chi connectivity index (χ1n) is 6.39. The van der Waals surface area contributed by atoms with Crippen molar-refractivity contribution in [3.8, 4) is 0 Å². The minimum absolute atomic E-state index is 0.345. The van der Waals surface area contributed by atoms with E-state index in [1.165, 1.54) is 0 Å². The summed E-state index contributed by atoms with van der Waals surface area (Å²) in [5, 5.41) is 6.22. The van der Waals surface area contributed by atoms with Crippen LogP contribution in [0, 0.1) is 13.8 Å². The number of aryl methyl sites for hydroxylation is 2. The van der Waals surface area contributed by atoms with Gasteiger partial charge in [-0.15, -0.1) is 11.3 Å². The Hall–Kier alpha value is -1.53.